The minimum absolute atomic E-state index is 0.313. The van der Waals surface area contributed by atoms with Gasteiger partial charge < -0.3 is 0 Å². The van der Waals surface area contributed by atoms with E-state index < -0.39 is 0 Å². The molecule has 1 aliphatic rings. The van der Waals surface area contributed by atoms with Crippen LogP contribution in [0, 0.1) is 5.41 Å². The van der Waals surface area contributed by atoms with Crippen molar-refractivity contribution < 1.29 is 0 Å². The molecule has 0 heteroatoms. The van der Waals surface area contributed by atoms with E-state index >= 15 is 0 Å². The molecule has 1 rings (SSSR count). The fraction of sp³-hybridized carbons (Fsp3) is 0.636. The summed E-state index contributed by atoms with van der Waals surface area (Å²) in [7, 11) is 0. The first kappa shape index (κ1) is 29.5. The number of hydrogen-bond donors (Lipinski definition) is 0. The zero-order valence-corrected chi connectivity index (χ0v) is 23.1. The van der Waals surface area contributed by atoms with Crippen LogP contribution in [0.15, 0.2) is 70.9 Å². The highest BCUT2D eigenvalue weighted by Gasteiger charge is 2.27. The Bertz CT molecular complexity index is 717. The maximum Gasteiger partial charge on any atom is -0.00804 e. The van der Waals surface area contributed by atoms with Gasteiger partial charge in [0.25, 0.3) is 0 Å². The highest BCUT2D eigenvalue weighted by Crippen LogP contribution is 2.41. The maximum absolute atomic E-state index is 4.23. The fourth-order valence-corrected chi connectivity index (χ4v) is 4.71. The van der Waals surface area contributed by atoms with E-state index in [0.29, 0.717) is 5.41 Å². The van der Waals surface area contributed by atoms with E-state index in [1.54, 1.807) is 16.7 Å². The van der Waals surface area contributed by atoms with Crippen molar-refractivity contribution in [2.45, 2.75) is 131 Å². The van der Waals surface area contributed by atoms with Crippen LogP contribution in [-0.2, 0) is 0 Å². The second kappa shape index (κ2) is 17.0. The number of hydrogen-bond acceptors (Lipinski definition) is 0. The molecule has 0 aliphatic heterocycles. The van der Waals surface area contributed by atoms with Crippen LogP contribution in [0.25, 0.3) is 0 Å². The predicted molar refractivity (Wildman–Crippen MR) is 152 cm³/mol. The third kappa shape index (κ3) is 13.7. The molecular weight excluding hydrogens is 396 g/mol. The van der Waals surface area contributed by atoms with E-state index in [-0.39, 0.29) is 0 Å². The minimum Gasteiger partial charge on any atom is -0.103 e. The Labute approximate surface area is 207 Å². The van der Waals surface area contributed by atoms with Crippen LogP contribution in [0.5, 0.6) is 0 Å². The van der Waals surface area contributed by atoms with Gasteiger partial charge >= 0.3 is 0 Å². The van der Waals surface area contributed by atoms with Crippen LogP contribution in [0.4, 0.5) is 0 Å². The zero-order valence-electron chi connectivity index (χ0n) is 23.1. The molecule has 0 aromatic rings. The minimum atomic E-state index is 0.313. The van der Waals surface area contributed by atoms with Gasteiger partial charge in [0.2, 0.25) is 0 Å². The Balaban J connectivity index is 2.40. The molecule has 0 aromatic carbocycles. The first-order valence-electron chi connectivity index (χ1n) is 13.7. The van der Waals surface area contributed by atoms with E-state index in [1.807, 2.05) is 0 Å². The lowest BCUT2D eigenvalue weighted by molar-refractivity contribution is 0.313. The summed E-state index contributed by atoms with van der Waals surface area (Å²) in [4.78, 5) is 0. The molecule has 0 heterocycles. The molecule has 1 unspecified atom stereocenters. The first-order valence-corrected chi connectivity index (χ1v) is 13.7. The van der Waals surface area contributed by atoms with Crippen molar-refractivity contribution in [3.63, 3.8) is 0 Å². The summed E-state index contributed by atoms with van der Waals surface area (Å²) in [6, 6.07) is 0. The van der Waals surface area contributed by atoms with E-state index in [0.717, 1.165) is 0 Å². The Hall–Kier alpha value is -1.56. The lowest BCUT2D eigenvalue weighted by Gasteiger charge is -2.33. The SMILES string of the molecule is C=CC1(CCC=C(C)CCC=C(C)CCCC)CC=C(CCC=C(C)CCC=C(C)C)CC1. The third-order valence-electron chi connectivity index (χ3n) is 7.31. The lowest BCUT2D eigenvalue weighted by Crippen LogP contribution is -2.20. The molecule has 0 bridgehead atoms. The second-order valence-corrected chi connectivity index (χ2v) is 10.8. The van der Waals surface area contributed by atoms with E-state index in [1.165, 1.54) is 101 Å². The third-order valence-corrected chi connectivity index (χ3v) is 7.31. The quantitative estimate of drug-likeness (QED) is 0.205. The summed E-state index contributed by atoms with van der Waals surface area (Å²) >= 11 is 0. The van der Waals surface area contributed by atoms with Crippen molar-refractivity contribution in [1.29, 1.82) is 0 Å². The standard InChI is InChI=1S/C33H54/c1-8-10-16-29(5)18-12-19-31(7)21-14-25-33(9-2)26-23-32(24-27-33)22-13-20-30(6)17-11-15-28(3)4/h9,15,18,20-21,23H,2,8,10-14,16-17,19,22,24-27H2,1,3-7H3. The van der Waals surface area contributed by atoms with Crippen LogP contribution in [0.3, 0.4) is 0 Å². The summed E-state index contributed by atoms with van der Waals surface area (Å²) < 4.78 is 0. The van der Waals surface area contributed by atoms with Crippen LogP contribution in [-0.4, -0.2) is 0 Å². The molecule has 0 N–H and O–H groups in total. The van der Waals surface area contributed by atoms with Crippen molar-refractivity contribution in [2.75, 3.05) is 0 Å². The Morgan fingerprint density at radius 1 is 0.848 bits per heavy atom. The zero-order chi connectivity index (χ0) is 24.5. The largest absolute Gasteiger partial charge is 0.103 e. The predicted octanol–water partition coefficient (Wildman–Crippen LogP) is 11.4. The molecule has 0 nitrogen and oxygen atoms in total. The Morgan fingerprint density at radius 2 is 1.45 bits per heavy atom. The number of allylic oxidation sites excluding steroid dienone is 11. The van der Waals surface area contributed by atoms with Crippen molar-refractivity contribution in [3.8, 4) is 0 Å². The molecule has 1 aliphatic carbocycles. The molecular formula is C33H54. The van der Waals surface area contributed by atoms with Gasteiger partial charge in [0.15, 0.2) is 0 Å². The van der Waals surface area contributed by atoms with E-state index in [9.17, 15) is 0 Å². The highest BCUT2D eigenvalue weighted by molar-refractivity contribution is 5.15. The van der Waals surface area contributed by atoms with E-state index in [2.05, 4.69) is 84.6 Å². The molecule has 0 fully saturated rings. The number of rotatable bonds is 16. The van der Waals surface area contributed by atoms with Gasteiger partial charge in [-0.2, -0.15) is 0 Å². The Morgan fingerprint density at radius 3 is 2.03 bits per heavy atom. The molecule has 0 spiro atoms. The molecule has 33 heavy (non-hydrogen) atoms. The Kier molecular flexibility index (Phi) is 15.1. The molecule has 0 saturated carbocycles. The summed E-state index contributed by atoms with van der Waals surface area (Å²) in [6.45, 7) is 17.8. The van der Waals surface area contributed by atoms with Crippen molar-refractivity contribution in [2.24, 2.45) is 5.41 Å². The van der Waals surface area contributed by atoms with Crippen LogP contribution < -0.4 is 0 Å². The lowest BCUT2D eigenvalue weighted by atomic mass is 9.71. The van der Waals surface area contributed by atoms with E-state index in [4.69, 9.17) is 0 Å². The van der Waals surface area contributed by atoms with Gasteiger partial charge in [0.05, 0.1) is 0 Å². The van der Waals surface area contributed by atoms with Gasteiger partial charge in [-0.05, 0) is 124 Å². The van der Waals surface area contributed by atoms with Crippen molar-refractivity contribution in [3.05, 3.63) is 70.9 Å². The highest BCUT2D eigenvalue weighted by atomic mass is 14.3. The average molecular weight is 451 g/mol. The normalized spacial score (nSPS) is 19.9. The molecule has 1 atom stereocenters. The first-order chi connectivity index (χ1) is 15.8. The second-order valence-electron chi connectivity index (χ2n) is 10.8. The van der Waals surface area contributed by atoms with Gasteiger partial charge in [-0.1, -0.05) is 77.7 Å². The van der Waals surface area contributed by atoms with Crippen LogP contribution in [0.2, 0.25) is 0 Å². The molecule has 186 valence electrons. The fourth-order valence-electron chi connectivity index (χ4n) is 4.71. The summed E-state index contributed by atoms with van der Waals surface area (Å²) in [5, 5.41) is 0. The van der Waals surface area contributed by atoms with Crippen molar-refractivity contribution >= 4 is 0 Å². The van der Waals surface area contributed by atoms with Crippen LogP contribution >= 0.6 is 0 Å². The van der Waals surface area contributed by atoms with Gasteiger partial charge in [0, 0.05) is 0 Å². The molecule has 0 aromatic heterocycles. The van der Waals surface area contributed by atoms with Gasteiger partial charge in [0.1, 0.15) is 0 Å². The molecule has 0 radical (unpaired) electrons. The summed E-state index contributed by atoms with van der Waals surface area (Å²) in [5.74, 6) is 0. The van der Waals surface area contributed by atoms with Gasteiger partial charge in [-0.15, -0.1) is 6.58 Å². The van der Waals surface area contributed by atoms with Gasteiger partial charge in [-0.3, -0.25) is 0 Å². The molecule has 0 amide bonds. The molecule has 0 saturated heterocycles. The summed E-state index contributed by atoms with van der Waals surface area (Å²) in [5.41, 5.74) is 8.06. The topological polar surface area (TPSA) is 0 Å². The van der Waals surface area contributed by atoms with Crippen molar-refractivity contribution in [1.82, 2.24) is 0 Å². The van der Waals surface area contributed by atoms with Crippen LogP contribution in [0.1, 0.15) is 131 Å². The monoisotopic (exact) mass is 450 g/mol. The average Bonchev–Trinajstić information content (AvgIpc) is 2.78. The smallest absolute Gasteiger partial charge is 0.00804 e. The number of unbranched alkanes of at least 4 members (excludes halogenated alkanes) is 1. The summed E-state index contributed by atoms with van der Waals surface area (Å²) in [6.07, 6.45) is 31.8. The van der Waals surface area contributed by atoms with Gasteiger partial charge in [-0.25, -0.2) is 0 Å². The maximum atomic E-state index is 4.23.